The lowest BCUT2D eigenvalue weighted by Gasteiger charge is -2.25. The van der Waals surface area contributed by atoms with E-state index >= 15 is 0 Å². The SMILES string of the molecule is Cc1cc([C@@H](C)Nc2ccc(Cl)nc2C(=O)O)c2nc(N3C[C@@H]4C(OC(=O)N(C)C)[C@H]4C3)n(C)c(=O)c2c1. The lowest BCUT2D eigenvalue weighted by atomic mass is 10.0. The average molecular weight is 541 g/mol. The largest absolute Gasteiger partial charge is 0.476 e. The first kappa shape index (κ1) is 25.8. The molecule has 0 unspecified atom stereocenters. The summed E-state index contributed by atoms with van der Waals surface area (Å²) in [5.41, 5.74) is 2.14. The topological polar surface area (TPSA) is 130 Å². The Balaban J connectivity index is 1.47. The number of aromatic carboxylic acids is 1. The number of nitrogens with one attached hydrogen (secondary N) is 1. The lowest BCUT2D eigenvalue weighted by Crippen LogP contribution is -2.34. The van der Waals surface area contributed by atoms with Crippen molar-refractivity contribution in [3.63, 3.8) is 0 Å². The zero-order valence-corrected chi connectivity index (χ0v) is 22.5. The Morgan fingerprint density at radius 3 is 2.53 bits per heavy atom. The molecular weight excluding hydrogens is 512 g/mol. The van der Waals surface area contributed by atoms with Crippen LogP contribution < -0.4 is 15.8 Å². The molecule has 2 N–H and O–H groups in total. The highest BCUT2D eigenvalue weighted by atomic mass is 35.5. The van der Waals surface area contributed by atoms with Crippen LogP contribution in [0, 0.1) is 18.8 Å². The summed E-state index contributed by atoms with van der Waals surface area (Å²) in [6, 6.07) is 6.45. The summed E-state index contributed by atoms with van der Waals surface area (Å²) in [7, 11) is 5.02. The second kappa shape index (κ2) is 9.46. The van der Waals surface area contributed by atoms with Crippen LogP contribution in [0.1, 0.15) is 34.6 Å². The predicted molar refractivity (Wildman–Crippen MR) is 143 cm³/mol. The third-order valence-corrected chi connectivity index (χ3v) is 7.44. The first-order chi connectivity index (χ1) is 18.0. The zero-order valence-electron chi connectivity index (χ0n) is 21.7. The van der Waals surface area contributed by atoms with Crippen molar-refractivity contribution < 1.29 is 19.4 Å². The van der Waals surface area contributed by atoms with E-state index in [1.54, 1.807) is 31.8 Å². The van der Waals surface area contributed by atoms with Gasteiger partial charge in [0.05, 0.1) is 22.6 Å². The molecule has 3 heterocycles. The van der Waals surface area contributed by atoms with Crippen molar-refractivity contribution in [2.75, 3.05) is 37.4 Å². The molecule has 12 heteroatoms. The quantitative estimate of drug-likeness (QED) is 0.452. The molecule has 3 aromatic rings. The van der Waals surface area contributed by atoms with E-state index in [0.717, 1.165) is 11.1 Å². The maximum Gasteiger partial charge on any atom is 0.409 e. The number of nitrogens with zero attached hydrogens (tertiary/aromatic N) is 5. The van der Waals surface area contributed by atoms with Gasteiger partial charge in [0.2, 0.25) is 5.95 Å². The van der Waals surface area contributed by atoms with Gasteiger partial charge in [-0.05, 0) is 37.6 Å². The number of amides is 1. The summed E-state index contributed by atoms with van der Waals surface area (Å²) in [4.78, 5) is 49.5. The van der Waals surface area contributed by atoms with Gasteiger partial charge in [-0.3, -0.25) is 9.36 Å². The molecule has 1 aliphatic heterocycles. The molecule has 2 fully saturated rings. The summed E-state index contributed by atoms with van der Waals surface area (Å²) in [5, 5.41) is 13.4. The number of carboxylic acids is 1. The highest BCUT2D eigenvalue weighted by Gasteiger charge is 2.59. The van der Waals surface area contributed by atoms with Gasteiger partial charge in [0.25, 0.3) is 5.56 Å². The summed E-state index contributed by atoms with van der Waals surface area (Å²) < 4.78 is 7.12. The fourth-order valence-corrected chi connectivity index (χ4v) is 5.36. The Hall–Kier alpha value is -3.86. The Morgan fingerprint density at radius 2 is 1.89 bits per heavy atom. The van der Waals surface area contributed by atoms with Crippen LogP contribution in [0.25, 0.3) is 10.9 Å². The summed E-state index contributed by atoms with van der Waals surface area (Å²) >= 11 is 5.91. The van der Waals surface area contributed by atoms with E-state index in [4.69, 9.17) is 21.3 Å². The highest BCUT2D eigenvalue weighted by molar-refractivity contribution is 6.29. The van der Waals surface area contributed by atoms with Gasteiger partial charge in [0.1, 0.15) is 11.3 Å². The van der Waals surface area contributed by atoms with Crippen molar-refractivity contribution in [1.82, 2.24) is 19.4 Å². The van der Waals surface area contributed by atoms with Crippen LogP contribution >= 0.6 is 11.6 Å². The van der Waals surface area contributed by atoms with E-state index < -0.39 is 12.0 Å². The maximum absolute atomic E-state index is 13.4. The van der Waals surface area contributed by atoms with Crippen molar-refractivity contribution in [2.24, 2.45) is 18.9 Å². The van der Waals surface area contributed by atoms with Crippen LogP contribution in [-0.4, -0.2) is 69.9 Å². The van der Waals surface area contributed by atoms with Crippen LogP contribution in [0.5, 0.6) is 0 Å². The van der Waals surface area contributed by atoms with Gasteiger partial charge in [-0.15, -0.1) is 0 Å². The van der Waals surface area contributed by atoms with E-state index in [-0.39, 0.29) is 40.4 Å². The van der Waals surface area contributed by atoms with Crippen molar-refractivity contribution in [3.8, 4) is 0 Å². The molecule has 1 amide bonds. The molecule has 1 saturated heterocycles. The average Bonchev–Trinajstić information content (AvgIpc) is 3.28. The molecular formula is C26H29ClN6O5. The van der Waals surface area contributed by atoms with Gasteiger partial charge in [0.15, 0.2) is 5.69 Å². The molecule has 0 spiro atoms. The number of carbonyl (C=O) groups excluding carboxylic acids is 1. The van der Waals surface area contributed by atoms with Gasteiger partial charge in [0, 0.05) is 51.6 Å². The Bertz CT molecular complexity index is 1510. The zero-order chi connectivity index (χ0) is 27.5. The fraction of sp³-hybridized carbons (Fsp3) is 0.423. The number of aryl methyl sites for hydroxylation is 1. The molecule has 5 rings (SSSR count). The molecule has 11 nitrogen and oxygen atoms in total. The number of hydrogen-bond donors (Lipinski definition) is 2. The Kier molecular flexibility index (Phi) is 6.42. The number of pyridine rings is 1. The van der Waals surface area contributed by atoms with Gasteiger partial charge in [-0.2, -0.15) is 0 Å². The molecule has 2 aromatic heterocycles. The van der Waals surface area contributed by atoms with E-state index in [1.807, 2.05) is 26.0 Å². The molecule has 3 atom stereocenters. The van der Waals surface area contributed by atoms with Crippen molar-refractivity contribution in [1.29, 1.82) is 0 Å². The van der Waals surface area contributed by atoms with E-state index in [0.29, 0.717) is 35.6 Å². The van der Waals surface area contributed by atoms with Gasteiger partial charge >= 0.3 is 12.1 Å². The minimum atomic E-state index is -1.20. The summed E-state index contributed by atoms with van der Waals surface area (Å²) in [5.74, 6) is -0.246. The minimum absolute atomic E-state index is 0.0822. The molecule has 1 saturated carbocycles. The number of rotatable bonds is 6. The van der Waals surface area contributed by atoms with Crippen LogP contribution in [0.3, 0.4) is 0 Å². The van der Waals surface area contributed by atoms with Crippen molar-refractivity contribution in [2.45, 2.75) is 26.0 Å². The van der Waals surface area contributed by atoms with Gasteiger partial charge < -0.3 is 25.0 Å². The first-order valence-electron chi connectivity index (χ1n) is 12.3. The van der Waals surface area contributed by atoms with Gasteiger partial charge in [-0.25, -0.2) is 19.6 Å². The molecule has 1 aliphatic carbocycles. The minimum Gasteiger partial charge on any atom is -0.476 e. The third-order valence-electron chi connectivity index (χ3n) is 7.23. The number of anilines is 2. The second-order valence-corrected chi connectivity index (χ2v) is 10.6. The van der Waals surface area contributed by atoms with E-state index in [1.165, 1.54) is 11.0 Å². The molecule has 38 heavy (non-hydrogen) atoms. The van der Waals surface area contributed by atoms with Crippen LogP contribution in [-0.2, 0) is 11.8 Å². The second-order valence-electron chi connectivity index (χ2n) is 10.2. The Morgan fingerprint density at radius 1 is 1.21 bits per heavy atom. The number of carbonyl (C=O) groups is 2. The summed E-state index contributed by atoms with van der Waals surface area (Å²) in [6.07, 6.45) is -0.465. The fourth-order valence-electron chi connectivity index (χ4n) is 5.21. The van der Waals surface area contributed by atoms with Crippen LogP contribution in [0.2, 0.25) is 5.15 Å². The monoisotopic (exact) mass is 540 g/mol. The number of benzene rings is 1. The Labute approximate surface area is 224 Å². The number of carboxylic acid groups (broad SMARTS) is 1. The molecule has 1 aromatic carbocycles. The van der Waals surface area contributed by atoms with E-state index in [9.17, 15) is 19.5 Å². The molecule has 0 radical (unpaired) electrons. The molecule has 200 valence electrons. The van der Waals surface area contributed by atoms with E-state index in [2.05, 4.69) is 15.2 Å². The third kappa shape index (κ3) is 4.51. The number of piperidine rings is 1. The van der Waals surface area contributed by atoms with Crippen LogP contribution in [0.15, 0.2) is 29.1 Å². The number of ether oxygens (including phenoxy) is 1. The number of fused-ring (bicyclic) bond motifs is 2. The first-order valence-corrected chi connectivity index (χ1v) is 12.6. The molecule has 2 aliphatic rings. The standard InChI is InChI=1S/C26H29ClN6O5/c1-12-8-14(13(2)28-18-6-7-19(27)29-21(18)24(35)36)20-15(9-12)23(34)32(5)25(30-20)33-10-16-17(11-33)22(16)38-26(37)31(3)4/h6-9,13,16-17,22,28H,10-11H2,1-5H3,(H,35,36)/t13-,16+,17+/m1/s1. The van der Waals surface area contributed by atoms with Crippen molar-refractivity contribution in [3.05, 3.63) is 56.6 Å². The predicted octanol–water partition coefficient (Wildman–Crippen LogP) is 3.29. The summed E-state index contributed by atoms with van der Waals surface area (Å²) in [6.45, 7) is 5.05. The number of halogens is 1. The van der Waals surface area contributed by atoms with Crippen molar-refractivity contribution >= 4 is 46.2 Å². The number of hydrogen-bond acceptors (Lipinski definition) is 8. The van der Waals surface area contributed by atoms with Crippen LogP contribution in [0.4, 0.5) is 16.4 Å². The normalized spacial score (nSPS) is 20.7. The number of aromatic nitrogens is 3. The lowest BCUT2D eigenvalue weighted by molar-refractivity contribution is 0.0691. The smallest absolute Gasteiger partial charge is 0.409 e. The molecule has 0 bridgehead atoms. The highest BCUT2D eigenvalue weighted by Crippen LogP contribution is 2.48. The van der Waals surface area contributed by atoms with Gasteiger partial charge in [-0.1, -0.05) is 17.7 Å². The maximum atomic E-state index is 13.4.